The molecule has 0 spiro atoms. The lowest BCUT2D eigenvalue weighted by Gasteiger charge is -2.02. The van der Waals surface area contributed by atoms with E-state index < -0.39 is 0 Å². The largest absolute Gasteiger partial charge is 0.325 e. The number of aromatic nitrogens is 2. The summed E-state index contributed by atoms with van der Waals surface area (Å²) in [5, 5.41) is 3.04. The summed E-state index contributed by atoms with van der Waals surface area (Å²) in [6.07, 6.45) is 6.96. The van der Waals surface area contributed by atoms with Crippen molar-refractivity contribution in [2.45, 2.75) is 6.92 Å². The number of nitrogens with zero attached hydrogens (tertiary/aromatic N) is 3. The SMILES string of the molecule is C/C=C\C(=NC)Nc1ccncn1. The van der Waals surface area contributed by atoms with Crippen molar-refractivity contribution in [2.75, 3.05) is 12.4 Å². The maximum absolute atomic E-state index is 4.03. The second-order valence-electron chi connectivity index (χ2n) is 2.33. The molecule has 0 fully saturated rings. The topological polar surface area (TPSA) is 50.2 Å². The van der Waals surface area contributed by atoms with Crippen molar-refractivity contribution in [3.8, 4) is 0 Å². The molecule has 68 valence electrons. The van der Waals surface area contributed by atoms with Crippen molar-refractivity contribution >= 4 is 11.7 Å². The monoisotopic (exact) mass is 176 g/mol. The fraction of sp³-hybridized carbons (Fsp3) is 0.222. The molecule has 1 aromatic heterocycles. The molecule has 1 N–H and O–H groups in total. The molecular formula is C9H12N4. The minimum atomic E-state index is 0.744. The predicted molar refractivity (Wildman–Crippen MR) is 53.8 cm³/mol. The molecule has 0 saturated heterocycles. The number of hydrogen-bond acceptors (Lipinski definition) is 3. The van der Waals surface area contributed by atoms with Crippen LogP contribution in [0.1, 0.15) is 6.92 Å². The predicted octanol–water partition coefficient (Wildman–Crippen LogP) is 1.49. The van der Waals surface area contributed by atoms with Gasteiger partial charge in [0.15, 0.2) is 0 Å². The zero-order valence-electron chi connectivity index (χ0n) is 7.73. The number of aliphatic imine (C=N–C) groups is 1. The number of rotatable bonds is 2. The summed E-state index contributed by atoms with van der Waals surface area (Å²) in [5.41, 5.74) is 0. The number of anilines is 1. The van der Waals surface area contributed by atoms with Crippen LogP contribution in [0.3, 0.4) is 0 Å². The van der Waals surface area contributed by atoms with E-state index in [9.17, 15) is 0 Å². The molecule has 0 aliphatic rings. The molecule has 0 saturated carbocycles. The lowest BCUT2D eigenvalue weighted by atomic mass is 10.4. The van der Waals surface area contributed by atoms with Gasteiger partial charge in [-0.2, -0.15) is 0 Å². The van der Waals surface area contributed by atoms with Gasteiger partial charge in [0.05, 0.1) is 0 Å². The molecular weight excluding hydrogens is 164 g/mol. The second kappa shape index (κ2) is 5.03. The number of hydrogen-bond donors (Lipinski definition) is 1. The lowest BCUT2D eigenvalue weighted by Crippen LogP contribution is -2.09. The number of nitrogens with one attached hydrogen (secondary N) is 1. The molecule has 0 aliphatic carbocycles. The fourth-order valence-corrected chi connectivity index (χ4v) is 0.826. The van der Waals surface area contributed by atoms with Crippen molar-refractivity contribution in [1.82, 2.24) is 9.97 Å². The molecule has 1 heterocycles. The summed E-state index contributed by atoms with van der Waals surface area (Å²) in [5.74, 6) is 1.52. The average molecular weight is 176 g/mol. The van der Waals surface area contributed by atoms with Gasteiger partial charge in [0.25, 0.3) is 0 Å². The Labute approximate surface area is 77.5 Å². The van der Waals surface area contributed by atoms with Crippen molar-refractivity contribution < 1.29 is 0 Å². The van der Waals surface area contributed by atoms with E-state index in [2.05, 4.69) is 20.3 Å². The molecule has 4 heteroatoms. The molecule has 0 atom stereocenters. The first-order valence-corrected chi connectivity index (χ1v) is 3.99. The maximum atomic E-state index is 4.03. The Balaban J connectivity index is 2.68. The molecule has 0 radical (unpaired) electrons. The Hall–Kier alpha value is -1.71. The third-order valence-electron chi connectivity index (χ3n) is 1.40. The Morgan fingerprint density at radius 3 is 3.00 bits per heavy atom. The van der Waals surface area contributed by atoms with Crippen LogP contribution < -0.4 is 5.32 Å². The van der Waals surface area contributed by atoms with Crippen LogP contribution in [0.2, 0.25) is 0 Å². The summed E-state index contributed by atoms with van der Waals surface area (Å²) in [6.45, 7) is 1.94. The van der Waals surface area contributed by atoms with Crippen LogP contribution >= 0.6 is 0 Å². The van der Waals surface area contributed by atoms with Crippen molar-refractivity contribution in [3.05, 3.63) is 30.7 Å². The first-order valence-electron chi connectivity index (χ1n) is 3.99. The van der Waals surface area contributed by atoms with Crippen LogP contribution in [0.5, 0.6) is 0 Å². The quantitative estimate of drug-likeness (QED) is 0.548. The third-order valence-corrected chi connectivity index (χ3v) is 1.40. The fourth-order valence-electron chi connectivity index (χ4n) is 0.826. The van der Waals surface area contributed by atoms with Gasteiger partial charge in [-0.25, -0.2) is 9.97 Å². The molecule has 0 unspecified atom stereocenters. The van der Waals surface area contributed by atoms with E-state index >= 15 is 0 Å². The summed E-state index contributed by atoms with van der Waals surface area (Å²) in [6, 6.07) is 1.79. The van der Waals surface area contributed by atoms with E-state index in [4.69, 9.17) is 0 Å². The van der Waals surface area contributed by atoms with Gasteiger partial charge in [-0.05, 0) is 19.1 Å². The lowest BCUT2D eigenvalue weighted by molar-refractivity contribution is 1.17. The molecule has 13 heavy (non-hydrogen) atoms. The Bertz CT molecular complexity index is 303. The van der Waals surface area contributed by atoms with Crippen LogP contribution in [0.15, 0.2) is 35.7 Å². The highest BCUT2D eigenvalue weighted by Gasteiger charge is 1.93. The Morgan fingerprint density at radius 2 is 2.46 bits per heavy atom. The van der Waals surface area contributed by atoms with Gasteiger partial charge in [0.2, 0.25) is 0 Å². The summed E-state index contributed by atoms with van der Waals surface area (Å²) < 4.78 is 0. The van der Waals surface area contributed by atoms with E-state index in [1.54, 1.807) is 19.3 Å². The number of allylic oxidation sites excluding steroid dienone is 1. The van der Waals surface area contributed by atoms with Crippen LogP contribution in [0, 0.1) is 0 Å². The zero-order valence-corrected chi connectivity index (χ0v) is 7.73. The number of amidine groups is 1. The summed E-state index contributed by atoms with van der Waals surface area (Å²) in [4.78, 5) is 11.9. The zero-order chi connectivity index (χ0) is 9.52. The van der Waals surface area contributed by atoms with Crippen LogP contribution in [-0.4, -0.2) is 22.9 Å². The van der Waals surface area contributed by atoms with Gasteiger partial charge in [0.1, 0.15) is 18.0 Å². The van der Waals surface area contributed by atoms with E-state index in [-0.39, 0.29) is 0 Å². The molecule has 0 amide bonds. The molecule has 1 aromatic rings. The van der Waals surface area contributed by atoms with Gasteiger partial charge in [0, 0.05) is 13.2 Å². The van der Waals surface area contributed by atoms with Gasteiger partial charge in [-0.3, -0.25) is 4.99 Å². The first kappa shape index (κ1) is 9.38. The minimum Gasteiger partial charge on any atom is -0.325 e. The Kier molecular flexibility index (Phi) is 3.63. The van der Waals surface area contributed by atoms with Crippen LogP contribution in [0.25, 0.3) is 0 Å². The van der Waals surface area contributed by atoms with E-state index in [1.165, 1.54) is 6.33 Å². The van der Waals surface area contributed by atoms with E-state index in [0.717, 1.165) is 11.7 Å². The van der Waals surface area contributed by atoms with Crippen LogP contribution in [0.4, 0.5) is 5.82 Å². The molecule has 0 aliphatic heterocycles. The van der Waals surface area contributed by atoms with Crippen molar-refractivity contribution in [2.24, 2.45) is 4.99 Å². The smallest absolute Gasteiger partial charge is 0.134 e. The van der Waals surface area contributed by atoms with E-state index in [1.807, 2.05) is 19.1 Å². The van der Waals surface area contributed by atoms with Gasteiger partial charge in [-0.1, -0.05) is 6.08 Å². The van der Waals surface area contributed by atoms with Gasteiger partial charge < -0.3 is 5.32 Å². The van der Waals surface area contributed by atoms with Gasteiger partial charge >= 0.3 is 0 Å². The van der Waals surface area contributed by atoms with E-state index in [0.29, 0.717) is 0 Å². The standard InChI is InChI=1S/C9H12N4/c1-3-4-8(10-2)13-9-5-6-11-7-12-9/h3-7H,1-2H3,(H,10,11,12,13)/b4-3-. The van der Waals surface area contributed by atoms with Crippen molar-refractivity contribution in [3.63, 3.8) is 0 Å². The third kappa shape index (κ3) is 3.02. The van der Waals surface area contributed by atoms with Crippen molar-refractivity contribution in [1.29, 1.82) is 0 Å². The maximum Gasteiger partial charge on any atom is 0.134 e. The minimum absolute atomic E-state index is 0.744. The molecule has 1 rings (SSSR count). The normalized spacial score (nSPS) is 12.0. The highest BCUT2D eigenvalue weighted by Crippen LogP contribution is 1.98. The molecule has 4 nitrogen and oxygen atoms in total. The second-order valence-corrected chi connectivity index (χ2v) is 2.33. The molecule has 0 aromatic carbocycles. The summed E-state index contributed by atoms with van der Waals surface area (Å²) in [7, 11) is 1.73. The Morgan fingerprint density at radius 1 is 1.62 bits per heavy atom. The average Bonchev–Trinajstić information content (AvgIpc) is 2.19. The summed E-state index contributed by atoms with van der Waals surface area (Å²) >= 11 is 0. The van der Waals surface area contributed by atoms with Gasteiger partial charge in [-0.15, -0.1) is 0 Å². The van der Waals surface area contributed by atoms with Crippen LogP contribution in [-0.2, 0) is 0 Å². The highest BCUT2D eigenvalue weighted by molar-refractivity contribution is 6.02. The first-order chi connectivity index (χ1) is 6.36. The molecule has 0 bridgehead atoms. The highest BCUT2D eigenvalue weighted by atomic mass is 15.1.